The summed E-state index contributed by atoms with van der Waals surface area (Å²) in [6, 6.07) is 7.28. The van der Waals surface area contributed by atoms with E-state index >= 15 is 0 Å². The van der Waals surface area contributed by atoms with Crippen LogP contribution in [-0.4, -0.2) is 31.1 Å². The second kappa shape index (κ2) is 12.0. The third kappa shape index (κ3) is 9.37. The largest absolute Gasteiger partial charge is 0.488 e. The Hall–Kier alpha value is -2.44. The minimum atomic E-state index is -4.54. The summed E-state index contributed by atoms with van der Waals surface area (Å²) >= 11 is 0. The fourth-order valence-electron chi connectivity index (χ4n) is 2.62. The number of carbonyl (C=O) groups is 1. The summed E-state index contributed by atoms with van der Waals surface area (Å²) in [6.07, 6.45) is -3.04. The van der Waals surface area contributed by atoms with Gasteiger partial charge in [-0.25, -0.2) is 0 Å². The summed E-state index contributed by atoms with van der Waals surface area (Å²) in [4.78, 5) is 15.8. The zero-order valence-corrected chi connectivity index (χ0v) is 20.6. The van der Waals surface area contributed by atoms with Crippen LogP contribution in [0.3, 0.4) is 0 Å². The van der Waals surface area contributed by atoms with Crippen LogP contribution in [0.15, 0.2) is 46.0 Å². The van der Waals surface area contributed by atoms with E-state index in [-0.39, 0.29) is 66.8 Å². The standard InChI is InChI=1S/C21H27F3N4O3.HI/c1-20(2,3)31-15-8-7-14(17(10-15)21(22,23)24)11-27-19(25-4)28-13-18(29)26-12-16-6-5-9-30-16;/h5-10H,11-13H2,1-4H3,(H,26,29)(H2,25,27,28);1H. The highest BCUT2D eigenvalue weighted by molar-refractivity contribution is 14.0. The summed E-state index contributed by atoms with van der Waals surface area (Å²) in [7, 11) is 1.46. The zero-order chi connectivity index (χ0) is 23.1. The van der Waals surface area contributed by atoms with Gasteiger partial charge < -0.3 is 25.1 Å². The SMILES string of the molecule is CN=C(NCC(=O)NCc1ccco1)NCc1ccc(OC(C)(C)C)cc1C(F)(F)F.I. The lowest BCUT2D eigenvalue weighted by Gasteiger charge is -2.23. The number of ether oxygens (including phenoxy) is 1. The summed E-state index contributed by atoms with van der Waals surface area (Å²) in [5.74, 6) is 0.615. The highest BCUT2D eigenvalue weighted by Gasteiger charge is 2.34. The van der Waals surface area contributed by atoms with Gasteiger partial charge in [-0.15, -0.1) is 24.0 Å². The third-order valence-corrected chi connectivity index (χ3v) is 3.94. The van der Waals surface area contributed by atoms with Gasteiger partial charge in [0.05, 0.1) is 24.9 Å². The molecule has 11 heteroatoms. The van der Waals surface area contributed by atoms with E-state index < -0.39 is 17.3 Å². The first-order valence-electron chi connectivity index (χ1n) is 9.60. The number of furan rings is 1. The molecule has 0 unspecified atom stereocenters. The number of hydrogen-bond donors (Lipinski definition) is 3. The Morgan fingerprint density at radius 3 is 2.38 bits per heavy atom. The normalized spacial score (nSPS) is 12.0. The predicted octanol–water partition coefficient (Wildman–Crippen LogP) is 4.08. The van der Waals surface area contributed by atoms with Crippen molar-refractivity contribution >= 4 is 35.8 Å². The van der Waals surface area contributed by atoms with Crippen LogP contribution in [0.5, 0.6) is 5.75 Å². The average molecular weight is 568 g/mol. The minimum Gasteiger partial charge on any atom is -0.488 e. The molecule has 0 aliphatic rings. The summed E-state index contributed by atoms with van der Waals surface area (Å²) < 4.78 is 51.3. The van der Waals surface area contributed by atoms with Crippen LogP contribution in [0, 0.1) is 0 Å². The molecule has 1 aromatic carbocycles. The van der Waals surface area contributed by atoms with Crippen molar-refractivity contribution in [1.29, 1.82) is 0 Å². The van der Waals surface area contributed by atoms with Crippen molar-refractivity contribution < 1.29 is 27.1 Å². The maximum atomic E-state index is 13.5. The Balaban J connectivity index is 0.00000512. The molecule has 0 saturated carbocycles. The van der Waals surface area contributed by atoms with Gasteiger partial charge in [0.25, 0.3) is 0 Å². The Bertz CT molecular complexity index is 895. The topological polar surface area (TPSA) is 87.9 Å². The van der Waals surface area contributed by atoms with E-state index in [9.17, 15) is 18.0 Å². The number of nitrogens with zero attached hydrogens (tertiary/aromatic N) is 1. The maximum Gasteiger partial charge on any atom is 0.416 e. The summed E-state index contributed by atoms with van der Waals surface area (Å²) in [5, 5.41) is 8.20. The molecule has 0 atom stereocenters. The van der Waals surface area contributed by atoms with E-state index in [1.165, 1.54) is 25.4 Å². The van der Waals surface area contributed by atoms with Crippen molar-refractivity contribution in [3.63, 3.8) is 0 Å². The van der Waals surface area contributed by atoms with Crippen LogP contribution >= 0.6 is 24.0 Å². The molecule has 0 aliphatic carbocycles. The number of guanidine groups is 1. The Kier molecular flexibility index (Phi) is 10.3. The molecule has 0 spiro atoms. The number of aliphatic imine (C=N–C) groups is 1. The van der Waals surface area contributed by atoms with E-state index in [1.807, 2.05) is 0 Å². The molecule has 0 fully saturated rings. The van der Waals surface area contributed by atoms with Gasteiger partial charge in [0.2, 0.25) is 5.91 Å². The number of carbonyl (C=O) groups excluding carboxylic acids is 1. The van der Waals surface area contributed by atoms with Crippen molar-refractivity contribution in [1.82, 2.24) is 16.0 Å². The smallest absolute Gasteiger partial charge is 0.416 e. The number of rotatable bonds is 7. The number of benzene rings is 1. The van der Waals surface area contributed by atoms with Crippen molar-refractivity contribution in [3.8, 4) is 5.75 Å². The molecule has 2 aromatic rings. The molecular weight excluding hydrogens is 540 g/mol. The molecular formula is C21H28F3IN4O3. The molecule has 1 heterocycles. The summed E-state index contributed by atoms with van der Waals surface area (Å²) in [6.45, 7) is 5.27. The van der Waals surface area contributed by atoms with Gasteiger partial charge in [-0.05, 0) is 50.6 Å². The van der Waals surface area contributed by atoms with Crippen LogP contribution in [0.4, 0.5) is 13.2 Å². The zero-order valence-electron chi connectivity index (χ0n) is 18.3. The van der Waals surface area contributed by atoms with E-state index in [0.717, 1.165) is 6.07 Å². The highest BCUT2D eigenvalue weighted by atomic mass is 127. The molecule has 3 N–H and O–H groups in total. The van der Waals surface area contributed by atoms with Gasteiger partial charge in [0.15, 0.2) is 5.96 Å². The van der Waals surface area contributed by atoms with Crippen LogP contribution in [-0.2, 0) is 24.1 Å². The van der Waals surface area contributed by atoms with Crippen LogP contribution in [0.25, 0.3) is 0 Å². The Morgan fingerprint density at radius 2 is 1.81 bits per heavy atom. The quantitative estimate of drug-likeness (QED) is 0.267. The highest BCUT2D eigenvalue weighted by Crippen LogP contribution is 2.35. The van der Waals surface area contributed by atoms with Crippen LogP contribution in [0.2, 0.25) is 0 Å². The number of hydrogen-bond acceptors (Lipinski definition) is 4. The molecule has 0 radical (unpaired) electrons. The maximum absolute atomic E-state index is 13.5. The van der Waals surface area contributed by atoms with E-state index in [4.69, 9.17) is 9.15 Å². The molecule has 2 rings (SSSR count). The number of halogens is 4. The molecule has 178 valence electrons. The first-order valence-corrected chi connectivity index (χ1v) is 9.60. The fourth-order valence-corrected chi connectivity index (χ4v) is 2.62. The Labute approximate surface area is 202 Å². The summed E-state index contributed by atoms with van der Waals surface area (Å²) in [5.41, 5.74) is -1.39. The number of amides is 1. The van der Waals surface area contributed by atoms with E-state index in [2.05, 4.69) is 20.9 Å². The van der Waals surface area contributed by atoms with E-state index in [1.54, 1.807) is 32.9 Å². The number of alkyl halides is 3. The Morgan fingerprint density at radius 1 is 1.09 bits per heavy atom. The van der Waals surface area contributed by atoms with Crippen LogP contribution < -0.4 is 20.7 Å². The molecule has 0 bridgehead atoms. The molecule has 1 amide bonds. The molecule has 32 heavy (non-hydrogen) atoms. The van der Waals surface area contributed by atoms with Gasteiger partial charge in [-0.1, -0.05) is 6.07 Å². The first kappa shape index (κ1) is 27.6. The van der Waals surface area contributed by atoms with E-state index in [0.29, 0.717) is 5.76 Å². The molecule has 0 aliphatic heterocycles. The lowest BCUT2D eigenvalue weighted by molar-refractivity contribution is -0.138. The van der Waals surface area contributed by atoms with Gasteiger partial charge in [-0.3, -0.25) is 9.79 Å². The van der Waals surface area contributed by atoms with Gasteiger partial charge in [0.1, 0.15) is 17.1 Å². The van der Waals surface area contributed by atoms with Gasteiger partial charge in [0, 0.05) is 13.6 Å². The minimum absolute atomic E-state index is 0. The molecule has 7 nitrogen and oxygen atoms in total. The number of nitrogens with one attached hydrogen (secondary N) is 3. The lowest BCUT2D eigenvalue weighted by atomic mass is 10.1. The lowest BCUT2D eigenvalue weighted by Crippen LogP contribution is -2.42. The van der Waals surface area contributed by atoms with Crippen molar-refractivity contribution in [2.75, 3.05) is 13.6 Å². The van der Waals surface area contributed by atoms with Crippen LogP contribution in [0.1, 0.15) is 37.7 Å². The monoisotopic (exact) mass is 568 g/mol. The molecule has 0 saturated heterocycles. The predicted molar refractivity (Wildman–Crippen MR) is 126 cm³/mol. The average Bonchev–Trinajstić information content (AvgIpc) is 3.19. The van der Waals surface area contributed by atoms with Gasteiger partial charge >= 0.3 is 6.18 Å². The van der Waals surface area contributed by atoms with Crippen molar-refractivity contribution in [2.24, 2.45) is 4.99 Å². The van der Waals surface area contributed by atoms with Crippen molar-refractivity contribution in [3.05, 3.63) is 53.5 Å². The fraction of sp³-hybridized carbons (Fsp3) is 0.429. The molecule has 1 aromatic heterocycles. The second-order valence-electron chi connectivity index (χ2n) is 7.67. The van der Waals surface area contributed by atoms with Gasteiger partial charge in [-0.2, -0.15) is 13.2 Å². The second-order valence-corrected chi connectivity index (χ2v) is 7.67. The van der Waals surface area contributed by atoms with Crippen molar-refractivity contribution in [2.45, 2.75) is 45.6 Å². The third-order valence-electron chi connectivity index (χ3n) is 3.94. The first-order chi connectivity index (χ1) is 14.5.